The number of halogens is 3. The molecule has 0 unspecified atom stereocenters. The topological polar surface area (TPSA) is 36.1 Å². The van der Waals surface area contributed by atoms with Gasteiger partial charge in [0.2, 0.25) is 0 Å². The molecule has 0 aliphatic rings. The van der Waals surface area contributed by atoms with Crippen LogP contribution in [0, 0.1) is 13.8 Å². The maximum atomic E-state index is 12.3. The molecule has 0 aromatic carbocycles. The van der Waals surface area contributed by atoms with Crippen LogP contribution >= 0.6 is 0 Å². The van der Waals surface area contributed by atoms with Crippen molar-refractivity contribution in [1.82, 2.24) is 9.88 Å². The number of nitrogens with one attached hydrogen (secondary N) is 1. The summed E-state index contributed by atoms with van der Waals surface area (Å²) >= 11 is 0. The highest BCUT2D eigenvalue weighted by atomic mass is 19.4. The molecular formula is C12H17F3N2O. The van der Waals surface area contributed by atoms with Gasteiger partial charge in [-0.3, -0.25) is 9.69 Å². The number of alkyl halides is 3. The SMILES string of the molecule is CCN(Cc1[nH]cc(C)c(=O)c1C)CC(F)(F)F. The maximum absolute atomic E-state index is 12.3. The van der Waals surface area contributed by atoms with E-state index in [9.17, 15) is 18.0 Å². The van der Waals surface area contributed by atoms with E-state index in [0.717, 1.165) is 0 Å². The number of rotatable bonds is 4. The Bertz CT molecular complexity index is 465. The van der Waals surface area contributed by atoms with Crippen LogP contribution in [-0.2, 0) is 6.54 Å². The summed E-state index contributed by atoms with van der Waals surface area (Å²) < 4.78 is 37.0. The summed E-state index contributed by atoms with van der Waals surface area (Å²) in [6, 6.07) is 0. The Morgan fingerprint density at radius 3 is 2.44 bits per heavy atom. The Kier molecular flexibility index (Phi) is 4.56. The monoisotopic (exact) mass is 262 g/mol. The van der Waals surface area contributed by atoms with Crippen molar-refractivity contribution < 1.29 is 13.2 Å². The second-order valence-electron chi connectivity index (χ2n) is 4.32. The maximum Gasteiger partial charge on any atom is 0.401 e. The number of pyridine rings is 1. The molecule has 0 spiro atoms. The molecule has 0 amide bonds. The Labute approximate surface area is 104 Å². The minimum Gasteiger partial charge on any atom is -0.363 e. The van der Waals surface area contributed by atoms with E-state index < -0.39 is 12.7 Å². The van der Waals surface area contributed by atoms with Crippen molar-refractivity contribution >= 4 is 0 Å². The number of H-pyrrole nitrogens is 1. The number of aromatic amines is 1. The molecule has 18 heavy (non-hydrogen) atoms. The second-order valence-corrected chi connectivity index (χ2v) is 4.32. The minimum absolute atomic E-state index is 0.0946. The molecule has 0 saturated carbocycles. The van der Waals surface area contributed by atoms with Crippen molar-refractivity contribution in [3.05, 3.63) is 33.2 Å². The van der Waals surface area contributed by atoms with Gasteiger partial charge in [0.1, 0.15) is 0 Å². The lowest BCUT2D eigenvalue weighted by molar-refractivity contribution is -0.146. The summed E-state index contributed by atoms with van der Waals surface area (Å²) in [5, 5.41) is 0. The quantitative estimate of drug-likeness (QED) is 0.904. The molecule has 1 aromatic heterocycles. The van der Waals surface area contributed by atoms with Gasteiger partial charge in [0.25, 0.3) is 0 Å². The van der Waals surface area contributed by atoms with E-state index in [2.05, 4.69) is 4.98 Å². The van der Waals surface area contributed by atoms with Crippen LogP contribution in [0.5, 0.6) is 0 Å². The van der Waals surface area contributed by atoms with Gasteiger partial charge in [0.05, 0.1) is 6.54 Å². The Morgan fingerprint density at radius 1 is 1.33 bits per heavy atom. The Morgan fingerprint density at radius 2 is 1.94 bits per heavy atom. The normalized spacial score (nSPS) is 12.2. The van der Waals surface area contributed by atoms with E-state index in [-0.39, 0.29) is 18.5 Å². The highest BCUT2D eigenvalue weighted by molar-refractivity contribution is 5.23. The molecule has 3 nitrogen and oxygen atoms in total. The fraction of sp³-hybridized carbons (Fsp3) is 0.583. The summed E-state index contributed by atoms with van der Waals surface area (Å²) in [5.74, 6) is 0. The summed E-state index contributed by atoms with van der Waals surface area (Å²) in [6.07, 6.45) is -2.69. The molecule has 0 saturated heterocycles. The first-order valence-corrected chi connectivity index (χ1v) is 5.71. The highest BCUT2D eigenvalue weighted by Crippen LogP contribution is 2.17. The van der Waals surface area contributed by atoms with Gasteiger partial charge in [-0.25, -0.2) is 0 Å². The summed E-state index contributed by atoms with van der Waals surface area (Å²) in [5.41, 5.74) is 1.47. The van der Waals surface area contributed by atoms with Crippen LogP contribution in [0.4, 0.5) is 13.2 Å². The molecule has 0 bridgehead atoms. The van der Waals surface area contributed by atoms with Gasteiger partial charge in [-0.15, -0.1) is 0 Å². The molecule has 102 valence electrons. The van der Waals surface area contributed by atoms with E-state index in [0.29, 0.717) is 16.8 Å². The Balaban J connectivity index is 2.89. The molecule has 1 N–H and O–H groups in total. The number of hydrogen-bond donors (Lipinski definition) is 1. The first-order chi connectivity index (χ1) is 8.24. The zero-order valence-corrected chi connectivity index (χ0v) is 10.7. The highest BCUT2D eigenvalue weighted by Gasteiger charge is 2.30. The zero-order valence-electron chi connectivity index (χ0n) is 10.7. The molecule has 1 rings (SSSR count). The van der Waals surface area contributed by atoms with Gasteiger partial charge >= 0.3 is 6.18 Å². The second kappa shape index (κ2) is 5.56. The average molecular weight is 262 g/mol. The predicted octanol–water partition coefficient (Wildman–Crippen LogP) is 2.38. The number of nitrogens with zero attached hydrogens (tertiary/aromatic N) is 1. The number of aromatic nitrogens is 1. The van der Waals surface area contributed by atoms with Crippen LogP contribution in [0.3, 0.4) is 0 Å². The van der Waals surface area contributed by atoms with E-state index in [1.54, 1.807) is 20.8 Å². The van der Waals surface area contributed by atoms with Crippen LogP contribution in [0.2, 0.25) is 0 Å². The van der Waals surface area contributed by atoms with Gasteiger partial charge in [0.15, 0.2) is 5.43 Å². The summed E-state index contributed by atoms with van der Waals surface area (Å²) in [4.78, 5) is 15.8. The lowest BCUT2D eigenvalue weighted by atomic mass is 10.1. The third-order valence-electron chi connectivity index (χ3n) is 2.85. The lowest BCUT2D eigenvalue weighted by Crippen LogP contribution is -2.34. The molecule has 1 aromatic rings. The van der Waals surface area contributed by atoms with Gasteiger partial charge < -0.3 is 4.98 Å². The molecule has 1 heterocycles. The van der Waals surface area contributed by atoms with Crippen molar-refractivity contribution in [2.24, 2.45) is 0 Å². The zero-order chi connectivity index (χ0) is 13.9. The molecule has 0 aliphatic carbocycles. The van der Waals surface area contributed by atoms with Crippen LogP contribution in [0.25, 0.3) is 0 Å². The van der Waals surface area contributed by atoms with Crippen molar-refractivity contribution in [2.75, 3.05) is 13.1 Å². The predicted molar refractivity (Wildman–Crippen MR) is 63.5 cm³/mol. The number of aryl methyl sites for hydroxylation is 1. The van der Waals surface area contributed by atoms with Gasteiger partial charge in [-0.2, -0.15) is 13.2 Å². The molecule has 0 radical (unpaired) electrons. The van der Waals surface area contributed by atoms with E-state index in [4.69, 9.17) is 0 Å². The largest absolute Gasteiger partial charge is 0.401 e. The van der Waals surface area contributed by atoms with Crippen LogP contribution in [-0.4, -0.2) is 29.1 Å². The van der Waals surface area contributed by atoms with Crippen molar-refractivity contribution in [2.45, 2.75) is 33.5 Å². The van der Waals surface area contributed by atoms with Crippen molar-refractivity contribution in [3.8, 4) is 0 Å². The smallest absolute Gasteiger partial charge is 0.363 e. The molecule has 6 heteroatoms. The van der Waals surface area contributed by atoms with E-state index >= 15 is 0 Å². The fourth-order valence-corrected chi connectivity index (χ4v) is 1.72. The van der Waals surface area contributed by atoms with Gasteiger partial charge in [-0.1, -0.05) is 6.92 Å². The van der Waals surface area contributed by atoms with Crippen LogP contribution in [0.1, 0.15) is 23.7 Å². The van der Waals surface area contributed by atoms with Crippen LogP contribution < -0.4 is 5.43 Å². The molecular weight excluding hydrogens is 245 g/mol. The third kappa shape index (κ3) is 3.87. The number of hydrogen-bond acceptors (Lipinski definition) is 2. The Hall–Kier alpha value is -1.30. The van der Waals surface area contributed by atoms with Gasteiger partial charge in [0, 0.05) is 29.6 Å². The van der Waals surface area contributed by atoms with Crippen LogP contribution in [0.15, 0.2) is 11.0 Å². The first kappa shape index (κ1) is 14.8. The molecule has 0 fully saturated rings. The third-order valence-corrected chi connectivity index (χ3v) is 2.85. The minimum atomic E-state index is -4.23. The van der Waals surface area contributed by atoms with Crippen molar-refractivity contribution in [3.63, 3.8) is 0 Å². The van der Waals surface area contributed by atoms with E-state index in [1.807, 2.05) is 0 Å². The fourth-order valence-electron chi connectivity index (χ4n) is 1.72. The standard InChI is InChI=1S/C12H17F3N2O/c1-4-17(7-12(13,14)15)6-10-9(3)11(18)8(2)5-16-10/h5H,4,6-7H2,1-3H3,(H,16,18). The van der Waals surface area contributed by atoms with E-state index in [1.165, 1.54) is 11.1 Å². The molecule has 0 atom stereocenters. The average Bonchev–Trinajstić information content (AvgIpc) is 2.27. The first-order valence-electron chi connectivity index (χ1n) is 5.71. The summed E-state index contributed by atoms with van der Waals surface area (Å²) in [7, 11) is 0. The van der Waals surface area contributed by atoms with Gasteiger partial charge in [-0.05, 0) is 20.4 Å². The lowest BCUT2D eigenvalue weighted by Gasteiger charge is -2.22. The molecule has 0 aliphatic heterocycles. The van der Waals surface area contributed by atoms with Crippen molar-refractivity contribution in [1.29, 1.82) is 0 Å². The summed E-state index contributed by atoms with van der Waals surface area (Å²) in [6.45, 7) is 4.35.